The maximum atomic E-state index is 5.67. The molecule has 1 aromatic heterocycles. The highest BCUT2D eigenvalue weighted by atomic mass is 32.1. The maximum Gasteiger partial charge on any atom is 0.288 e. The summed E-state index contributed by atoms with van der Waals surface area (Å²) in [6.45, 7) is 1.49. The number of methoxy groups -OCH3 is 1. The van der Waals surface area contributed by atoms with Gasteiger partial charge in [0.25, 0.3) is 4.84 Å². The van der Waals surface area contributed by atoms with Crippen LogP contribution in [-0.2, 0) is 13.2 Å². The zero-order valence-corrected chi connectivity index (χ0v) is 15.9. The van der Waals surface area contributed by atoms with E-state index >= 15 is 0 Å². The minimum atomic E-state index is 0.229. The standard InChI is InChI=1S/C19H19N3O4S/c1-21(10-13-3-6-15(23-2)7-4-13)11-22-19(27)26-18(20-22)14-5-8-16-17(9-14)25-12-24-16/h3-9H,10-12H2,1-2H3. The molecule has 2 aromatic carbocycles. The number of rotatable bonds is 6. The summed E-state index contributed by atoms with van der Waals surface area (Å²) in [6.07, 6.45) is 0. The summed E-state index contributed by atoms with van der Waals surface area (Å²) in [5, 5.41) is 4.50. The topological polar surface area (TPSA) is 61.9 Å². The Balaban J connectivity index is 1.47. The third-order valence-electron chi connectivity index (χ3n) is 4.21. The van der Waals surface area contributed by atoms with Crippen LogP contribution >= 0.6 is 12.2 Å². The molecular weight excluding hydrogens is 366 g/mol. The van der Waals surface area contributed by atoms with Gasteiger partial charge in [-0.25, -0.2) is 4.68 Å². The third-order valence-corrected chi connectivity index (χ3v) is 4.51. The van der Waals surface area contributed by atoms with Crippen molar-refractivity contribution in [3.8, 4) is 28.7 Å². The van der Waals surface area contributed by atoms with E-state index in [1.54, 1.807) is 11.8 Å². The van der Waals surface area contributed by atoms with Gasteiger partial charge in [-0.15, -0.1) is 5.10 Å². The van der Waals surface area contributed by atoms with Crippen molar-refractivity contribution in [1.29, 1.82) is 0 Å². The molecule has 0 saturated heterocycles. The van der Waals surface area contributed by atoms with Crippen LogP contribution in [-0.4, -0.2) is 35.6 Å². The zero-order chi connectivity index (χ0) is 18.8. The van der Waals surface area contributed by atoms with Crippen molar-refractivity contribution in [3.63, 3.8) is 0 Å². The molecule has 8 heteroatoms. The van der Waals surface area contributed by atoms with Gasteiger partial charge in [0.2, 0.25) is 12.7 Å². The van der Waals surface area contributed by atoms with Crippen LogP contribution in [0.15, 0.2) is 46.9 Å². The van der Waals surface area contributed by atoms with E-state index in [2.05, 4.69) is 10.00 Å². The first-order valence-electron chi connectivity index (χ1n) is 8.42. The Morgan fingerprint density at radius 3 is 2.70 bits per heavy atom. The Morgan fingerprint density at radius 2 is 1.93 bits per heavy atom. The van der Waals surface area contributed by atoms with Gasteiger partial charge in [-0.3, -0.25) is 4.90 Å². The smallest absolute Gasteiger partial charge is 0.288 e. The van der Waals surface area contributed by atoms with Crippen molar-refractivity contribution >= 4 is 12.2 Å². The van der Waals surface area contributed by atoms with Gasteiger partial charge in [0.1, 0.15) is 5.75 Å². The van der Waals surface area contributed by atoms with Gasteiger partial charge in [0.15, 0.2) is 11.5 Å². The van der Waals surface area contributed by atoms with E-state index in [1.807, 2.05) is 49.5 Å². The molecule has 7 nitrogen and oxygen atoms in total. The number of aromatic nitrogens is 2. The van der Waals surface area contributed by atoms with Gasteiger partial charge >= 0.3 is 0 Å². The summed E-state index contributed by atoms with van der Waals surface area (Å²) >= 11 is 5.32. The third kappa shape index (κ3) is 3.81. The fourth-order valence-electron chi connectivity index (χ4n) is 2.86. The zero-order valence-electron chi connectivity index (χ0n) is 15.0. The van der Waals surface area contributed by atoms with Crippen LogP contribution in [0, 0.1) is 4.84 Å². The van der Waals surface area contributed by atoms with E-state index in [-0.39, 0.29) is 6.79 Å². The van der Waals surface area contributed by atoms with E-state index in [1.165, 1.54) is 5.56 Å². The van der Waals surface area contributed by atoms with Gasteiger partial charge in [0, 0.05) is 12.1 Å². The molecule has 0 aliphatic carbocycles. The molecule has 3 aromatic rings. The lowest BCUT2D eigenvalue weighted by molar-refractivity contribution is 0.174. The molecule has 0 fully saturated rings. The SMILES string of the molecule is COc1ccc(CN(C)Cn2nc(-c3ccc4c(c3)OCO4)oc2=S)cc1. The summed E-state index contributed by atoms with van der Waals surface area (Å²) in [5.41, 5.74) is 1.96. The average Bonchev–Trinajstić information content (AvgIpc) is 3.28. The van der Waals surface area contributed by atoms with Crippen molar-refractivity contribution in [3.05, 3.63) is 52.9 Å². The lowest BCUT2D eigenvalue weighted by atomic mass is 10.2. The molecule has 1 aliphatic rings. The highest BCUT2D eigenvalue weighted by Crippen LogP contribution is 2.35. The molecule has 2 heterocycles. The Labute approximate surface area is 161 Å². The Hall–Kier alpha value is -2.84. The minimum Gasteiger partial charge on any atom is -0.497 e. The van der Waals surface area contributed by atoms with Crippen LogP contribution in [0.25, 0.3) is 11.5 Å². The van der Waals surface area contributed by atoms with Crippen molar-refractivity contribution in [2.75, 3.05) is 21.0 Å². The number of ether oxygens (including phenoxy) is 3. The van der Waals surface area contributed by atoms with Gasteiger partial charge in [-0.05, 0) is 55.2 Å². The molecule has 0 saturated carbocycles. The maximum absolute atomic E-state index is 5.67. The molecule has 1 aliphatic heterocycles. The number of benzene rings is 2. The number of hydrogen-bond donors (Lipinski definition) is 0. The Kier molecular flexibility index (Phi) is 4.83. The summed E-state index contributed by atoms with van der Waals surface area (Å²) in [6, 6.07) is 13.5. The van der Waals surface area contributed by atoms with E-state index in [4.69, 9.17) is 30.8 Å². The Bertz CT molecular complexity index is 997. The summed E-state index contributed by atoms with van der Waals surface area (Å²) in [7, 11) is 3.66. The van der Waals surface area contributed by atoms with E-state index in [0.717, 1.165) is 23.6 Å². The van der Waals surface area contributed by atoms with E-state index in [0.29, 0.717) is 23.1 Å². The Morgan fingerprint density at radius 1 is 1.15 bits per heavy atom. The van der Waals surface area contributed by atoms with Gasteiger partial charge in [-0.2, -0.15) is 0 Å². The molecule has 140 valence electrons. The number of nitrogens with zero attached hydrogens (tertiary/aromatic N) is 3. The molecule has 0 unspecified atom stereocenters. The van der Waals surface area contributed by atoms with Crippen molar-refractivity contribution < 1.29 is 18.6 Å². The van der Waals surface area contributed by atoms with Gasteiger partial charge in [-0.1, -0.05) is 12.1 Å². The van der Waals surface area contributed by atoms with Crippen molar-refractivity contribution in [2.24, 2.45) is 0 Å². The number of hydrogen-bond acceptors (Lipinski definition) is 7. The van der Waals surface area contributed by atoms with Crippen LogP contribution < -0.4 is 14.2 Å². The molecule has 0 atom stereocenters. The number of fused-ring (bicyclic) bond motifs is 1. The van der Waals surface area contributed by atoms with Gasteiger partial charge < -0.3 is 18.6 Å². The lowest BCUT2D eigenvalue weighted by Gasteiger charge is -2.16. The molecule has 0 amide bonds. The van der Waals surface area contributed by atoms with Crippen LogP contribution in [0.5, 0.6) is 17.2 Å². The summed E-state index contributed by atoms with van der Waals surface area (Å²) in [5.74, 6) is 2.69. The first-order valence-corrected chi connectivity index (χ1v) is 8.82. The summed E-state index contributed by atoms with van der Waals surface area (Å²) in [4.78, 5) is 2.42. The van der Waals surface area contributed by atoms with Crippen LogP contribution in [0.3, 0.4) is 0 Å². The predicted octanol–water partition coefficient (Wildman–Crippen LogP) is 3.70. The van der Waals surface area contributed by atoms with E-state index in [9.17, 15) is 0 Å². The fourth-order valence-corrected chi connectivity index (χ4v) is 3.04. The second-order valence-corrected chi connectivity index (χ2v) is 6.59. The molecule has 0 spiro atoms. The highest BCUT2D eigenvalue weighted by molar-refractivity contribution is 7.71. The van der Waals surface area contributed by atoms with Crippen molar-refractivity contribution in [2.45, 2.75) is 13.2 Å². The molecule has 0 N–H and O–H groups in total. The molecular formula is C19H19N3O4S. The second-order valence-electron chi connectivity index (χ2n) is 6.24. The average molecular weight is 385 g/mol. The quantitative estimate of drug-likeness (QED) is 0.600. The lowest BCUT2D eigenvalue weighted by Crippen LogP contribution is -2.22. The molecule has 4 rings (SSSR count). The van der Waals surface area contributed by atoms with Crippen molar-refractivity contribution in [1.82, 2.24) is 14.7 Å². The molecule has 27 heavy (non-hydrogen) atoms. The first-order chi connectivity index (χ1) is 13.1. The van der Waals surface area contributed by atoms with Crippen LogP contribution in [0.2, 0.25) is 0 Å². The molecule has 0 radical (unpaired) electrons. The summed E-state index contributed by atoms with van der Waals surface area (Å²) < 4.78 is 23.3. The predicted molar refractivity (Wildman–Crippen MR) is 101 cm³/mol. The second kappa shape index (κ2) is 7.42. The van der Waals surface area contributed by atoms with Gasteiger partial charge in [0.05, 0.1) is 13.8 Å². The first kappa shape index (κ1) is 17.6. The largest absolute Gasteiger partial charge is 0.497 e. The van der Waals surface area contributed by atoms with E-state index < -0.39 is 0 Å². The van der Waals surface area contributed by atoms with Crippen LogP contribution in [0.4, 0.5) is 0 Å². The monoisotopic (exact) mass is 385 g/mol. The highest BCUT2D eigenvalue weighted by Gasteiger charge is 2.17. The molecule has 0 bridgehead atoms. The van der Waals surface area contributed by atoms with Crippen LogP contribution in [0.1, 0.15) is 5.56 Å². The fraction of sp³-hybridized carbons (Fsp3) is 0.263. The normalized spacial score (nSPS) is 12.6. The minimum absolute atomic E-state index is 0.229.